The zero-order valence-corrected chi connectivity index (χ0v) is 20.2. The van der Waals surface area contributed by atoms with Gasteiger partial charge in [0.05, 0.1) is 7.11 Å². The quantitative estimate of drug-likeness (QED) is 0.339. The van der Waals surface area contributed by atoms with Crippen LogP contribution >= 0.6 is 31.9 Å². The van der Waals surface area contributed by atoms with Gasteiger partial charge in [-0.05, 0) is 56.8 Å². The second-order valence-corrected chi connectivity index (χ2v) is 7.84. The Hall–Kier alpha value is -1.81. The van der Waals surface area contributed by atoms with E-state index in [9.17, 15) is 13.2 Å². The van der Waals surface area contributed by atoms with Crippen molar-refractivity contribution >= 4 is 37.7 Å². The van der Waals surface area contributed by atoms with Gasteiger partial charge in [-0.1, -0.05) is 25.5 Å². The minimum absolute atomic E-state index is 0.182. The Kier molecular flexibility index (Phi) is 8.54. The molecule has 30 heavy (non-hydrogen) atoms. The van der Waals surface area contributed by atoms with Crippen molar-refractivity contribution in [2.75, 3.05) is 25.6 Å². The molecule has 0 spiro atoms. The Balaban J connectivity index is 2.45. The van der Waals surface area contributed by atoms with Crippen LogP contribution in [0, 0.1) is 0 Å². The van der Waals surface area contributed by atoms with Crippen molar-refractivity contribution in [1.82, 2.24) is 9.97 Å². The van der Waals surface area contributed by atoms with Crippen LogP contribution in [0.3, 0.4) is 0 Å². The highest BCUT2D eigenvalue weighted by molar-refractivity contribution is 9.11. The lowest BCUT2D eigenvalue weighted by molar-refractivity contribution is -0.274. The van der Waals surface area contributed by atoms with Gasteiger partial charge in [-0.2, -0.15) is 0 Å². The average molecular weight is 553 g/mol. The van der Waals surface area contributed by atoms with Crippen LogP contribution < -0.4 is 14.4 Å². The number of allylic oxidation sites excluding steroid dienone is 1. The van der Waals surface area contributed by atoms with E-state index in [4.69, 9.17) is 4.74 Å². The van der Waals surface area contributed by atoms with Gasteiger partial charge in [0.1, 0.15) is 26.4 Å². The fourth-order valence-electron chi connectivity index (χ4n) is 2.76. The van der Waals surface area contributed by atoms with Crippen LogP contribution in [0.2, 0.25) is 0 Å². The zero-order valence-electron chi connectivity index (χ0n) is 17.0. The van der Waals surface area contributed by atoms with Gasteiger partial charge >= 0.3 is 6.36 Å². The SMILES string of the molecule is CCC(=CCN(C)c1nc(-c2ccc(OC(F)(F)F)cc2OC)c(Br)nc1Br)CC. The van der Waals surface area contributed by atoms with Crippen molar-refractivity contribution in [1.29, 1.82) is 0 Å². The Morgan fingerprint density at radius 1 is 1.13 bits per heavy atom. The molecule has 0 N–H and O–H groups in total. The summed E-state index contributed by atoms with van der Waals surface area (Å²) in [7, 11) is 3.26. The summed E-state index contributed by atoms with van der Waals surface area (Å²) in [6.07, 6.45) is -0.678. The molecule has 0 atom stereocenters. The van der Waals surface area contributed by atoms with Crippen LogP contribution in [0.5, 0.6) is 11.5 Å². The standard InChI is InChI=1S/C20H22Br2F3N3O2/c1-5-12(6-2)9-10-28(3)19-18(22)27-17(21)16(26-19)14-8-7-13(11-15(14)29-4)30-20(23,24)25/h7-9,11H,5-6,10H2,1-4H3. The number of halogens is 5. The molecular formula is C20H22Br2F3N3O2. The summed E-state index contributed by atoms with van der Waals surface area (Å²) >= 11 is 6.82. The van der Waals surface area contributed by atoms with Crippen molar-refractivity contribution in [2.45, 2.75) is 33.1 Å². The Bertz CT molecular complexity index is 915. The number of anilines is 1. The number of aromatic nitrogens is 2. The van der Waals surface area contributed by atoms with Crippen molar-refractivity contribution < 1.29 is 22.6 Å². The monoisotopic (exact) mass is 551 g/mol. The summed E-state index contributed by atoms with van der Waals surface area (Å²) in [4.78, 5) is 11.1. The summed E-state index contributed by atoms with van der Waals surface area (Å²) < 4.78 is 47.8. The first-order chi connectivity index (χ1) is 14.1. The van der Waals surface area contributed by atoms with E-state index < -0.39 is 6.36 Å². The molecule has 1 heterocycles. The highest BCUT2D eigenvalue weighted by atomic mass is 79.9. The number of nitrogens with zero attached hydrogens (tertiary/aromatic N) is 3. The van der Waals surface area contributed by atoms with Crippen LogP contribution in [0.15, 0.2) is 39.1 Å². The average Bonchev–Trinajstić information content (AvgIpc) is 2.67. The predicted molar refractivity (Wildman–Crippen MR) is 118 cm³/mol. The van der Waals surface area contributed by atoms with Crippen LogP contribution in [0.4, 0.5) is 19.0 Å². The van der Waals surface area contributed by atoms with E-state index in [0.29, 0.717) is 32.8 Å². The smallest absolute Gasteiger partial charge is 0.496 e. The fourth-order valence-corrected chi connectivity index (χ4v) is 4.04. The molecular weight excluding hydrogens is 531 g/mol. The molecule has 2 aromatic rings. The molecule has 0 aliphatic heterocycles. The van der Waals surface area contributed by atoms with Gasteiger partial charge in [-0.3, -0.25) is 0 Å². The first-order valence-electron chi connectivity index (χ1n) is 9.15. The van der Waals surface area contributed by atoms with Crippen LogP contribution in [-0.2, 0) is 0 Å². The summed E-state index contributed by atoms with van der Waals surface area (Å²) in [6.45, 7) is 4.86. The fraction of sp³-hybridized carbons (Fsp3) is 0.400. The van der Waals surface area contributed by atoms with Crippen molar-refractivity contribution in [3.05, 3.63) is 39.1 Å². The van der Waals surface area contributed by atoms with E-state index in [-0.39, 0.29) is 11.5 Å². The highest BCUT2D eigenvalue weighted by Gasteiger charge is 2.31. The number of likely N-dealkylation sites (N-methyl/N-ethyl adjacent to an activating group) is 1. The van der Waals surface area contributed by atoms with E-state index in [1.807, 2.05) is 11.9 Å². The lowest BCUT2D eigenvalue weighted by atomic mass is 10.1. The molecule has 0 bridgehead atoms. The molecule has 0 radical (unpaired) electrons. The van der Waals surface area contributed by atoms with Crippen LogP contribution in [-0.4, -0.2) is 37.0 Å². The van der Waals surface area contributed by atoms with Gasteiger partial charge in [-0.15, -0.1) is 13.2 Å². The number of methoxy groups -OCH3 is 1. The summed E-state index contributed by atoms with van der Waals surface area (Å²) in [5, 5.41) is 0. The molecule has 0 unspecified atom stereocenters. The number of ether oxygens (including phenoxy) is 2. The van der Waals surface area contributed by atoms with Gasteiger partial charge in [-0.25, -0.2) is 9.97 Å². The summed E-state index contributed by atoms with van der Waals surface area (Å²) in [5.74, 6) is 0.397. The highest BCUT2D eigenvalue weighted by Crippen LogP contribution is 2.38. The molecule has 1 aromatic carbocycles. The second kappa shape index (κ2) is 10.5. The maximum absolute atomic E-state index is 12.5. The first kappa shape index (κ1) is 24.5. The first-order valence-corrected chi connectivity index (χ1v) is 10.7. The van der Waals surface area contributed by atoms with Crippen molar-refractivity contribution in [3.63, 3.8) is 0 Å². The molecule has 10 heteroatoms. The molecule has 0 amide bonds. The molecule has 0 saturated heterocycles. The number of hydrogen-bond acceptors (Lipinski definition) is 5. The third kappa shape index (κ3) is 6.34. The minimum Gasteiger partial charge on any atom is -0.496 e. The summed E-state index contributed by atoms with van der Waals surface area (Å²) in [5.41, 5.74) is 2.25. The molecule has 0 aliphatic rings. The molecule has 164 valence electrons. The maximum Gasteiger partial charge on any atom is 0.573 e. The second-order valence-electron chi connectivity index (χ2n) is 6.34. The number of hydrogen-bond donors (Lipinski definition) is 0. The molecule has 5 nitrogen and oxygen atoms in total. The third-order valence-electron chi connectivity index (χ3n) is 4.38. The zero-order chi connectivity index (χ0) is 22.5. The topological polar surface area (TPSA) is 47.5 Å². The third-order valence-corrected chi connectivity index (χ3v) is 5.46. The predicted octanol–water partition coefficient (Wildman–Crippen LogP) is 6.76. The van der Waals surface area contributed by atoms with E-state index in [0.717, 1.165) is 12.8 Å². The minimum atomic E-state index is -4.79. The van der Waals surface area contributed by atoms with E-state index >= 15 is 0 Å². The van der Waals surface area contributed by atoms with Crippen LogP contribution in [0.25, 0.3) is 11.3 Å². The Morgan fingerprint density at radius 3 is 2.37 bits per heavy atom. The molecule has 0 fully saturated rings. The van der Waals surface area contributed by atoms with E-state index in [1.54, 1.807) is 0 Å². The number of alkyl halides is 3. The summed E-state index contributed by atoms with van der Waals surface area (Å²) in [6, 6.07) is 3.83. The number of benzene rings is 1. The van der Waals surface area contributed by atoms with Crippen molar-refractivity contribution in [3.8, 4) is 22.8 Å². The molecule has 2 rings (SSSR count). The number of rotatable bonds is 8. The largest absolute Gasteiger partial charge is 0.573 e. The molecule has 1 aromatic heterocycles. The van der Waals surface area contributed by atoms with E-state index in [1.165, 1.54) is 30.9 Å². The Morgan fingerprint density at radius 2 is 1.80 bits per heavy atom. The maximum atomic E-state index is 12.5. The van der Waals surface area contributed by atoms with Gasteiger partial charge in [0.25, 0.3) is 0 Å². The molecule has 0 aliphatic carbocycles. The lowest BCUT2D eigenvalue weighted by Crippen LogP contribution is -2.20. The van der Waals surface area contributed by atoms with Crippen LogP contribution in [0.1, 0.15) is 26.7 Å². The van der Waals surface area contributed by atoms with Gasteiger partial charge in [0, 0.05) is 25.2 Å². The molecule has 0 saturated carbocycles. The van der Waals surface area contributed by atoms with Gasteiger partial charge in [0.15, 0.2) is 5.82 Å². The normalized spacial score (nSPS) is 11.2. The Labute approximate surface area is 190 Å². The van der Waals surface area contributed by atoms with Gasteiger partial charge in [0.2, 0.25) is 0 Å². The lowest BCUT2D eigenvalue weighted by Gasteiger charge is -2.20. The van der Waals surface area contributed by atoms with Gasteiger partial charge < -0.3 is 14.4 Å². The van der Waals surface area contributed by atoms with Crippen molar-refractivity contribution in [2.24, 2.45) is 0 Å². The van der Waals surface area contributed by atoms with E-state index in [2.05, 4.69) is 66.5 Å².